The molecule has 0 radical (unpaired) electrons. The van der Waals surface area contributed by atoms with Crippen molar-refractivity contribution >= 4 is 17.7 Å². The minimum absolute atomic E-state index is 0.00412. The summed E-state index contributed by atoms with van der Waals surface area (Å²) >= 11 is 1.25. The first-order valence-corrected chi connectivity index (χ1v) is 11.6. The third-order valence-corrected chi connectivity index (χ3v) is 6.07. The van der Waals surface area contributed by atoms with Gasteiger partial charge >= 0.3 is 0 Å². The van der Waals surface area contributed by atoms with E-state index in [1.165, 1.54) is 17.3 Å². The quantitative estimate of drug-likeness (QED) is 0.471. The van der Waals surface area contributed by atoms with E-state index in [1.807, 2.05) is 37.3 Å². The van der Waals surface area contributed by atoms with Gasteiger partial charge in [0.1, 0.15) is 0 Å². The van der Waals surface area contributed by atoms with E-state index in [9.17, 15) is 4.79 Å². The fourth-order valence-electron chi connectivity index (χ4n) is 3.35. The molecule has 168 valence electrons. The van der Waals surface area contributed by atoms with Gasteiger partial charge in [0.2, 0.25) is 18.6 Å². The van der Waals surface area contributed by atoms with Crippen molar-refractivity contribution in [2.45, 2.75) is 44.9 Å². The summed E-state index contributed by atoms with van der Waals surface area (Å²) in [5.74, 6) is 2.13. The van der Waals surface area contributed by atoms with E-state index in [-0.39, 0.29) is 23.9 Å². The Morgan fingerprint density at radius 3 is 2.53 bits per heavy atom. The van der Waals surface area contributed by atoms with Crippen LogP contribution >= 0.6 is 11.8 Å². The monoisotopic (exact) mass is 453 g/mol. The Labute approximate surface area is 192 Å². The van der Waals surface area contributed by atoms with Gasteiger partial charge in [-0.2, -0.15) is 0 Å². The highest BCUT2D eigenvalue weighted by Gasteiger charge is 2.19. The van der Waals surface area contributed by atoms with Gasteiger partial charge in [0, 0.05) is 18.7 Å². The van der Waals surface area contributed by atoms with Crippen LogP contribution in [0, 0.1) is 0 Å². The van der Waals surface area contributed by atoms with Gasteiger partial charge in [0.15, 0.2) is 11.5 Å². The van der Waals surface area contributed by atoms with E-state index in [2.05, 4.69) is 43.1 Å². The summed E-state index contributed by atoms with van der Waals surface area (Å²) in [6, 6.07) is 13.9. The fourth-order valence-corrected chi connectivity index (χ4v) is 4.01. The van der Waals surface area contributed by atoms with E-state index in [0.29, 0.717) is 30.0 Å². The van der Waals surface area contributed by atoms with Crippen LogP contribution in [0.2, 0.25) is 0 Å². The molecule has 3 aromatic rings. The summed E-state index contributed by atoms with van der Waals surface area (Å²) in [4.78, 5) is 14.5. The van der Waals surface area contributed by atoms with Crippen LogP contribution in [0.15, 0.2) is 52.1 Å². The standard InChI is InChI=1S/C24H27N3O4S/c1-5-27(13-16-6-11-19-20(12-16)30-15-29-19)21(28)14-32-23-26-25-22(31-23)17-7-9-18(10-8-17)24(2,3)4/h6-12H,5,13-15H2,1-4H3. The van der Waals surface area contributed by atoms with Crippen molar-refractivity contribution in [3.8, 4) is 23.0 Å². The molecular formula is C24H27N3O4S. The van der Waals surface area contributed by atoms with Crippen molar-refractivity contribution in [1.29, 1.82) is 0 Å². The Hall–Kier alpha value is -3.00. The number of thioether (sulfide) groups is 1. The summed E-state index contributed by atoms with van der Waals surface area (Å²) < 4.78 is 16.5. The van der Waals surface area contributed by atoms with Gasteiger partial charge in [-0.1, -0.05) is 50.7 Å². The van der Waals surface area contributed by atoms with E-state index in [1.54, 1.807) is 4.90 Å². The molecule has 0 atom stereocenters. The molecule has 0 saturated heterocycles. The Kier molecular flexibility index (Phi) is 6.41. The molecule has 0 saturated carbocycles. The van der Waals surface area contributed by atoms with Gasteiger partial charge in [-0.3, -0.25) is 4.79 Å². The summed E-state index contributed by atoms with van der Waals surface area (Å²) in [6.45, 7) is 9.82. The van der Waals surface area contributed by atoms with Gasteiger partial charge < -0.3 is 18.8 Å². The molecule has 0 spiro atoms. The van der Waals surface area contributed by atoms with Crippen LogP contribution in [0.4, 0.5) is 0 Å². The number of amides is 1. The molecule has 0 N–H and O–H groups in total. The number of fused-ring (bicyclic) bond motifs is 1. The molecule has 0 bridgehead atoms. The third kappa shape index (κ3) is 5.07. The second-order valence-electron chi connectivity index (χ2n) is 8.58. The maximum Gasteiger partial charge on any atom is 0.277 e. The predicted molar refractivity (Wildman–Crippen MR) is 123 cm³/mol. The van der Waals surface area contributed by atoms with Crippen LogP contribution in [0.3, 0.4) is 0 Å². The Bertz CT molecular complexity index is 1090. The minimum Gasteiger partial charge on any atom is -0.454 e. The number of carbonyl (C=O) groups excluding carboxylic acids is 1. The predicted octanol–water partition coefficient (Wildman–Crippen LogP) is 4.90. The number of hydrogen-bond acceptors (Lipinski definition) is 7. The third-order valence-electron chi connectivity index (χ3n) is 5.27. The molecule has 0 aliphatic carbocycles. The number of carbonyl (C=O) groups is 1. The minimum atomic E-state index is 0.00412. The zero-order chi connectivity index (χ0) is 22.7. The fraction of sp³-hybridized carbons (Fsp3) is 0.375. The lowest BCUT2D eigenvalue weighted by molar-refractivity contribution is -0.128. The number of benzene rings is 2. The van der Waals surface area contributed by atoms with Crippen LogP contribution in [-0.2, 0) is 16.8 Å². The molecule has 4 rings (SSSR count). The number of ether oxygens (including phenoxy) is 2. The summed E-state index contributed by atoms with van der Waals surface area (Å²) in [6.07, 6.45) is 0. The van der Waals surface area contributed by atoms with E-state index in [0.717, 1.165) is 16.9 Å². The molecule has 8 heteroatoms. The zero-order valence-electron chi connectivity index (χ0n) is 18.8. The second kappa shape index (κ2) is 9.24. The zero-order valence-corrected chi connectivity index (χ0v) is 19.6. The number of aromatic nitrogens is 2. The average molecular weight is 454 g/mol. The number of rotatable bonds is 7. The molecule has 0 unspecified atom stereocenters. The average Bonchev–Trinajstić information content (AvgIpc) is 3.44. The molecule has 32 heavy (non-hydrogen) atoms. The van der Waals surface area contributed by atoms with Gasteiger partial charge in [0.05, 0.1) is 5.75 Å². The molecule has 1 amide bonds. The van der Waals surface area contributed by atoms with Gasteiger partial charge in [-0.05, 0) is 47.7 Å². The Morgan fingerprint density at radius 1 is 1.06 bits per heavy atom. The van der Waals surface area contributed by atoms with E-state index < -0.39 is 0 Å². The number of nitrogens with zero attached hydrogens (tertiary/aromatic N) is 3. The van der Waals surface area contributed by atoms with Gasteiger partial charge in [0.25, 0.3) is 5.22 Å². The lowest BCUT2D eigenvalue weighted by Crippen LogP contribution is -2.31. The molecule has 1 aromatic heterocycles. The first-order chi connectivity index (χ1) is 15.3. The summed E-state index contributed by atoms with van der Waals surface area (Å²) in [7, 11) is 0. The first-order valence-electron chi connectivity index (χ1n) is 10.6. The second-order valence-corrected chi connectivity index (χ2v) is 9.51. The summed E-state index contributed by atoms with van der Waals surface area (Å²) in [5.41, 5.74) is 3.18. The van der Waals surface area contributed by atoms with Crippen LogP contribution in [0.1, 0.15) is 38.8 Å². The highest BCUT2D eigenvalue weighted by atomic mass is 32.2. The van der Waals surface area contributed by atoms with Crippen LogP contribution in [0.5, 0.6) is 11.5 Å². The highest BCUT2D eigenvalue weighted by Crippen LogP contribution is 2.33. The van der Waals surface area contributed by atoms with E-state index >= 15 is 0 Å². The van der Waals surface area contributed by atoms with Crippen molar-refractivity contribution in [1.82, 2.24) is 15.1 Å². The number of hydrogen-bond donors (Lipinski definition) is 0. The lowest BCUT2D eigenvalue weighted by atomic mass is 9.87. The van der Waals surface area contributed by atoms with E-state index in [4.69, 9.17) is 13.9 Å². The van der Waals surface area contributed by atoms with Crippen LogP contribution in [0.25, 0.3) is 11.5 Å². The highest BCUT2D eigenvalue weighted by molar-refractivity contribution is 7.99. The van der Waals surface area contributed by atoms with Crippen LogP contribution < -0.4 is 9.47 Å². The van der Waals surface area contributed by atoms with Crippen molar-refractivity contribution in [3.05, 3.63) is 53.6 Å². The normalized spacial score (nSPS) is 12.8. The Morgan fingerprint density at radius 2 is 1.81 bits per heavy atom. The molecular weight excluding hydrogens is 426 g/mol. The van der Waals surface area contributed by atoms with Gasteiger partial charge in [-0.15, -0.1) is 10.2 Å². The SMILES string of the molecule is CCN(Cc1ccc2c(c1)OCO2)C(=O)CSc1nnc(-c2ccc(C(C)(C)C)cc2)o1. The maximum absolute atomic E-state index is 12.8. The molecule has 2 aromatic carbocycles. The van der Waals surface area contributed by atoms with Crippen molar-refractivity contribution in [3.63, 3.8) is 0 Å². The van der Waals surface area contributed by atoms with Crippen molar-refractivity contribution in [2.75, 3.05) is 19.1 Å². The smallest absolute Gasteiger partial charge is 0.277 e. The Balaban J connectivity index is 1.35. The van der Waals surface area contributed by atoms with Crippen LogP contribution in [-0.4, -0.2) is 40.1 Å². The summed E-state index contributed by atoms with van der Waals surface area (Å²) in [5, 5.41) is 8.61. The molecule has 1 aliphatic heterocycles. The molecule has 1 aliphatic rings. The molecule has 0 fully saturated rings. The molecule has 2 heterocycles. The van der Waals surface area contributed by atoms with Gasteiger partial charge in [-0.25, -0.2) is 0 Å². The largest absolute Gasteiger partial charge is 0.454 e. The maximum atomic E-state index is 12.8. The first kappa shape index (κ1) is 22.2. The lowest BCUT2D eigenvalue weighted by Gasteiger charge is -2.20. The topological polar surface area (TPSA) is 77.7 Å². The molecule has 7 nitrogen and oxygen atoms in total. The van der Waals surface area contributed by atoms with Crippen molar-refractivity contribution < 1.29 is 18.7 Å². The van der Waals surface area contributed by atoms with Crippen molar-refractivity contribution in [2.24, 2.45) is 0 Å².